The molecule has 2 heterocycles. The van der Waals surface area contributed by atoms with Gasteiger partial charge in [0.05, 0.1) is 17.6 Å². The average Bonchev–Trinajstić information content (AvgIpc) is 3.60. The van der Waals surface area contributed by atoms with Crippen molar-refractivity contribution < 1.29 is 32.5 Å². The SMILES string of the molecule is CCC(Oc1ccc(-c2noc(C)n2)cc1)c1nc(-c2ccc(C(=O)NC(C)(C)COC(=O)CN)c(F)c2)no1.Cl. The predicted molar refractivity (Wildman–Crippen MR) is 147 cm³/mol. The highest BCUT2D eigenvalue weighted by Crippen LogP contribution is 2.28. The summed E-state index contributed by atoms with van der Waals surface area (Å²) in [7, 11) is 0. The highest BCUT2D eigenvalue weighted by molar-refractivity contribution is 5.95. The van der Waals surface area contributed by atoms with Crippen LogP contribution >= 0.6 is 12.4 Å². The Kier molecular flexibility index (Phi) is 10.1. The van der Waals surface area contributed by atoms with Crippen molar-refractivity contribution in [3.8, 4) is 28.5 Å². The second-order valence-corrected chi connectivity index (χ2v) is 9.53. The first-order chi connectivity index (χ1) is 19.1. The van der Waals surface area contributed by atoms with Gasteiger partial charge in [0.25, 0.3) is 11.8 Å². The number of nitrogens with two attached hydrogens (primary N) is 1. The molecule has 0 aliphatic carbocycles. The average molecular weight is 589 g/mol. The molecule has 4 aromatic rings. The summed E-state index contributed by atoms with van der Waals surface area (Å²) < 4.78 is 36.3. The molecule has 1 atom stereocenters. The van der Waals surface area contributed by atoms with Crippen LogP contribution in [0.5, 0.6) is 5.75 Å². The zero-order valence-corrected chi connectivity index (χ0v) is 23.7. The molecule has 14 heteroatoms. The molecule has 0 spiro atoms. The number of hydrogen-bond donors (Lipinski definition) is 2. The zero-order valence-electron chi connectivity index (χ0n) is 22.8. The van der Waals surface area contributed by atoms with E-state index in [0.29, 0.717) is 29.4 Å². The third kappa shape index (κ3) is 7.86. The number of carbonyl (C=O) groups is 2. The molecule has 2 aromatic heterocycles. The lowest BCUT2D eigenvalue weighted by molar-refractivity contribution is -0.143. The van der Waals surface area contributed by atoms with Crippen molar-refractivity contribution in [2.45, 2.75) is 45.8 Å². The summed E-state index contributed by atoms with van der Waals surface area (Å²) in [6.07, 6.45) is -0.0258. The normalized spacial score (nSPS) is 11.9. The fourth-order valence-electron chi connectivity index (χ4n) is 3.62. The Morgan fingerprint density at radius 1 is 1.05 bits per heavy atom. The van der Waals surface area contributed by atoms with E-state index in [1.165, 1.54) is 12.1 Å². The molecular weight excluding hydrogens is 559 g/mol. The van der Waals surface area contributed by atoms with Crippen LogP contribution in [0.15, 0.2) is 51.5 Å². The molecular formula is C27H30ClFN6O6. The summed E-state index contributed by atoms with van der Waals surface area (Å²) in [4.78, 5) is 32.5. The first-order valence-corrected chi connectivity index (χ1v) is 12.5. The second-order valence-electron chi connectivity index (χ2n) is 9.53. The van der Waals surface area contributed by atoms with E-state index in [-0.39, 0.29) is 42.8 Å². The number of esters is 1. The number of rotatable bonds is 11. The van der Waals surface area contributed by atoms with Gasteiger partial charge in [0.2, 0.25) is 17.5 Å². The Morgan fingerprint density at radius 3 is 2.32 bits per heavy atom. The number of hydrogen-bond acceptors (Lipinski definition) is 11. The smallest absolute Gasteiger partial charge is 0.319 e. The highest BCUT2D eigenvalue weighted by atomic mass is 35.5. The zero-order chi connectivity index (χ0) is 28.9. The van der Waals surface area contributed by atoms with Crippen LogP contribution < -0.4 is 15.8 Å². The summed E-state index contributed by atoms with van der Waals surface area (Å²) in [5, 5.41) is 10.5. The molecule has 0 aliphatic heterocycles. The van der Waals surface area contributed by atoms with Gasteiger partial charge < -0.3 is 29.6 Å². The standard InChI is InChI=1S/C27H29FN6O6.ClH/c1-5-21(38-18-9-6-16(7-10-18)23-30-15(2)39-33-23)26-31-24(34-40-26)17-8-11-19(20(28)12-17)25(36)32-27(3,4)14-37-22(35)13-29;/h6-12,21H,5,13-14,29H2,1-4H3,(H,32,36);1H. The lowest BCUT2D eigenvalue weighted by Gasteiger charge is -2.25. The van der Waals surface area contributed by atoms with Gasteiger partial charge in [0.15, 0.2) is 6.10 Å². The van der Waals surface area contributed by atoms with Crippen molar-refractivity contribution in [3.05, 3.63) is 65.6 Å². The van der Waals surface area contributed by atoms with Gasteiger partial charge in [-0.05, 0) is 56.7 Å². The van der Waals surface area contributed by atoms with Gasteiger partial charge in [0, 0.05) is 18.1 Å². The molecule has 41 heavy (non-hydrogen) atoms. The van der Waals surface area contributed by atoms with Crippen LogP contribution in [-0.4, -0.2) is 50.8 Å². The van der Waals surface area contributed by atoms with Crippen LogP contribution in [0, 0.1) is 12.7 Å². The molecule has 0 bridgehead atoms. The van der Waals surface area contributed by atoms with Gasteiger partial charge in [-0.1, -0.05) is 23.3 Å². The van der Waals surface area contributed by atoms with Crippen molar-refractivity contribution >= 4 is 24.3 Å². The maximum Gasteiger partial charge on any atom is 0.319 e. The molecule has 12 nitrogen and oxygen atoms in total. The number of ether oxygens (including phenoxy) is 2. The van der Waals surface area contributed by atoms with Crippen LogP contribution in [0.1, 0.15) is 55.4 Å². The lowest BCUT2D eigenvalue weighted by atomic mass is 10.0. The van der Waals surface area contributed by atoms with E-state index in [9.17, 15) is 14.0 Å². The first kappa shape index (κ1) is 31.2. The quantitative estimate of drug-likeness (QED) is 0.241. The van der Waals surface area contributed by atoms with Crippen LogP contribution in [0.3, 0.4) is 0 Å². The fraction of sp³-hybridized carbons (Fsp3) is 0.333. The monoisotopic (exact) mass is 588 g/mol. The van der Waals surface area contributed by atoms with Gasteiger partial charge in [0.1, 0.15) is 18.2 Å². The third-order valence-corrected chi connectivity index (χ3v) is 5.69. The molecule has 1 amide bonds. The molecule has 218 valence electrons. The Labute approximate surface area is 241 Å². The highest BCUT2D eigenvalue weighted by Gasteiger charge is 2.26. The van der Waals surface area contributed by atoms with E-state index in [0.717, 1.165) is 11.6 Å². The molecule has 0 aliphatic rings. The van der Waals surface area contributed by atoms with Crippen molar-refractivity contribution in [2.24, 2.45) is 5.73 Å². The van der Waals surface area contributed by atoms with Crippen molar-refractivity contribution in [3.63, 3.8) is 0 Å². The number of amides is 1. The van der Waals surface area contributed by atoms with Gasteiger partial charge in [-0.25, -0.2) is 4.39 Å². The van der Waals surface area contributed by atoms with E-state index < -0.39 is 29.3 Å². The summed E-state index contributed by atoms with van der Waals surface area (Å²) in [6.45, 7) is 6.49. The molecule has 0 fully saturated rings. The first-order valence-electron chi connectivity index (χ1n) is 12.5. The number of aromatic nitrogens is 4. The van der Waals surface area contributed by atoms with Gasteiger partial charge >= 0.3 is 5.97 Å². The van der Waals surface area contributed by atoms with E-state index >= 15 is 0 Å². The third-order valence-electron chi connectivity index (χ3n) is 5.69. The summed E-state index contributed by atoms with van der Waals surface area (Å²) in [5.74, 6) is -0.198. The van der Waals surface area contributed by atoms with E-state index in [1.807, 2.05) is 6.92 Å². The number of nitrogens with one attached hydrogen (secondary N) is 1. The minimum absolute atomic E-state index is 0. The molecule has 0 saturated heterocycles. The molecule has 4 rings (SSSR count). The van der Waals surface area contributed by atoms with Crippen LogP contribution in [-0.2, 0) is 9.53 Å². The van der Waals surface area contributed by atoms with E-state index in [1.54, 1.807) is 45.0 Å². The van der Waals surface area contributed by atoms with Gasteiger partial charge in [-0.15, -0.1) is 12.4 Å². The number of carbonyl (C=O) groups excluding carboxylic acids is 2. The number of nitrogens with zero attached hydrogens (tertiary/aromatic N) is 4. The lowest BCUT2D eigenvalue weighted by Crippen LogP contribution is -2.48. The second kappa shape index (κ2) is 13.3. The fourth-order valence-corrected chi connectivity index (χ4v) is 3.62. The van der Waals surface area contributed by atoms with Crippen molar-refractivity contribution in [1.82, 2.24) is 25.6 Å². The summed E-state index contributed by atoms with van der Waals surface area (Å²) in [5.41, 5.74) is 5.16. The maximum atomic E-state index is 14.9. The van der Waals surface area contributed by atoms with Gasteiger partial charge in [-0.3, -0.25) is 9.59 Å². The van der Waals surface area contributed by atoms with Crippen molar-refractivity contribution in [2.75, 3.05) is 13.2 Å². The maximum absolute atomic E-state index is 14.9. The van der Waals surface area contributed by atoms with E-state index in [4.69, 9.17) is 24.3 Å². The molecule has 2 aromatic carbocycles. The predicted octanol–water partition coefficient (Wildman–Crippen LogP) is 4.20. The Hall–Kier alpha value is -4.36. The number of aryl methyl sites for hydroxylation is 1. The minimum Gasteiger partial charge on any atom is -0.481 e. The number of halogens is 2. The van der Waals surface area contributed by atoms with Crippen molar-refractivity contribution in [1.29, 1.82) is 0 Å². The largest absolute Gasteiger partial charge is 0.481 e. The Balaban J connectivity index is 0.00000462. The van der Waals surface area contributed by atoms with Gasteiger partial charge in [-0.2, -0.15) is 9.97 Å². The Morgan fingerprint density at radius 2 is 1.71 bits per heavy atom. The molecule has 3 N–H and O–H groups in total. The molecule has 0 saturated carbocycles. The Bertz CT molecular complexity index is 1490. The molecule has 0 radical (unpaired) electrons. The van der Waals surface area contributed by atoms with Crippen LogP contribution in [0.25, 0.3) is 22.8 Å². The minimum atomic E-state index is -0.947. The number of benzene rings is 2. The summed E-state index contributed by atoms with van der Waals surface area (Å²) >= 11 is 0. The molecule has 1 unspecified atom stereocenters. The van der Waals surface area contributed by atoms with E-state index in [2.05, 4.69) is 25.6 Å². The van der Waals surface area contributed by atoms with Crippen LogP contribution in [0.4, 0.5) is 4.39 Å². The summed E-state index contributed by atoms with van der Waals surface area (Å²) in [6, 6.07) is 11.1. The topological polar surface area (TPSA) is 168 Å². The van der Waals surface area contributed by atoms with Crippen LogP contribution in [0.2, 0.25) is 0 Å².